The highest BCUT2D eigenvalue weighted by Crippen LogP contribution is 2.29. The van der Waals surface area contributed by atoms with Gasteiger partial charge in [0.05, 0.1) is 6.61 Å². The molecule has 35 heavy (non-hydrogen) atoms. The van der Waals surface area contributed by atoms with Crippen LogP contribution in [0.2, 0.25) is 0 Å². The summed E-state index contributed by atoms with van der Waals surface area (Å²) in [7, 11) is 0. The topological polar surface area (TPSA) is 84.9 Å². The molecule has 2 aromatic carbocycles. The predicted octanol–water partition coefficient (Wildman–Crippen LogP) is 4.64. The molecule has 0 aliphatic carbocycles. The van der Waals surface area contributed by atoms with Crippen LogP contribution in [0, 0.1) is 0 Å². The number of amides is 2. The van der Waals surface area contributed by atoms with E-state index in [2.05, 4.69) is 5.32 Å². The Morgan fingerprint density at radius 2 is 1.63 bits per heavy atom. The van der Waals surface area contributed by atoms with Crippen LogP contribution in [0.25, 0.3) is 0 Å². The molecule has 2 amide bonds. The minimum Gasteiger partial charge on any atom is -0.459 e. The van der Waals surface area contributed by atoms with Crippen LogP contribution >= 0.6 is 0 Å². The summed E-state index contributed by atoms with van der Waals surface area (Å²) in [5, 5.41) is 2.90. The number of ether oxygens (including phenoxy) is 2. The zero-order chi connectivity index (χ0) is 25.1. The summed E-state index contributed by atoms with van der Waals surface area (Å²) in [6.45, 7) is 4.57. The Hall–Kier alpha value is -3.35. The fourth-order valence-electron chi connectivity index (χ4n) is 4.57. The van der Waals surface area contributed by atoms with Gasteiger partial charge in [0.25, 0.3) is 0 Å². The largest absolute Gasteiger partial charge is 0.459 e. The molecule has 1 aliphatic rings. The zero-order valence-corrected chi connectivity index (χ0v) is 20.7. The number of esters is 1. The van der Waals surface area contributed by atoms with Gasteiger partial charge in [-0.05, 0) is 37.3 Å². The van der Waals surface area contributed by atoms with Gasteiger partial charge < -0.3 is 19.7 Å². The fourth-order valence-corrected chi connectivity index (χ4v) is 4.57. The number of carbonyl (C=O) groups is 3. The Bertz CT molecular complexity index is 966. The van der Waals surface area contributed by atoms with E-state index in [1.165, 1.54) is 0 Å². The molecule has 1 saturated heterocycles. The summed E-state index contributed by atoms with van der Waals surface area (Å²) < 4.78 is 10.8. The zero-order valence-electron chi connectivity index (χ0n) is 20.7. The number of carbonyl (C=O) groups excluding carboxylic acids is 3. The summed E-state index contributed by atoms with van der Waals surface area (Å²) in [4.78, 5) is 41.4. The van der Waals surface area contributed by atoms with Crippen LogP contribution in [0.1, 0.15) is 57.1 Å². The first-order chi connectivity index (χ1) is 17.0. The van der Waals surface area contributed by atoms with E-state index in [0.29, 0.717) is 32.2 Å². The van der Waals surface area contributed by atoms with E-state index in [9.17, 15) is 14.4 Å². The molecule has 0 unspecified atom stereocenters. The second-order valence-electron chi connectivity index (χ2n) is 8.94. The van der Waals surface area contributed by atoms with Crippen molar-refractivity contribution in [2.75, 3.05) is 13.2 Å². The van der Waals surface area contributed by atoms with Crippen LogP contribution in [0.5, 0.6) is 0 Å². The third-order valence-electron chi connectivity index (χ3n) is 6.34. The predicted molar refractivity (Wildman–Crippen MR) is 134 cm³/mol. The van der Waals surface area contributed by atoms with Gasteiger partial charge >= 0.3 is 12.1 Å². The van der Waals surface area contributed by atoms with E-state index in [-0.39, 0.29) is 19.1 Å². The lowest BCUT2D eigenvalue weighted by molar-refractivity contribution is -0.156. The molecule has 1 N–H and O–H groups in total. The molecule has 1 aliphatic heterocycles. The molecule has 2 atom stereocenters. The third-order valence-corrected chi connectivity index (χ3v) is 6.34. The molecule has 7 nitrogen and oxygen atoms in total. The minimum absolute atomic E-state index is 0.157. The van der Waals surface area contributed by atoms with Gasteiger partial charge in [0.1, 0.15) is 18.2 Å². The van der Waals surface area contributed by atoms with Crippen molar-refractivity contribution in [3.63, 3.8) is 0 Å². The summed E-state index contributed by atoms with van der Waals surface area (Å²) in [6.07, 6.45) is 2.96. The molecule has 0 spiro atoms. The molecule has 1 fully saturated rings. The van der Waals surface area contributed by atoms with Crippen molar-refractivity contribution in [3.05, 3.63) is 71.8 Å². The highest BCUT2D eigenvalue weighted by atomic mass is 16.5. The van der Waals surface area contributed by atoms with Crippen molar-refractivity contribution < 1.29 is 23.9 Å². The monoisotopic (exact) mass is 480 g/mol. The SMILES string of the molecule is CCCC[C@@](Cc1ccccc1)(NC(=O)OCC)C(=O)N1CCC[C@H]1C(=O)OCc1ccccc1. The Labute approximate surface area is 207 Å². The molecule has 188 valence electrons. The van der Waals surface area contributed by atoms with Crippen molar-refractivity contribution >= 4 is 18.0 Å². The average Bonchev–Trinajstić information content (AvgIpc) is 3.37. The summed E-state index contributed by atoms with van der Waals surface area (Å²) in [5.41, 5.74) is 0.601. The lowest BCUT2D eigenvalue weighted by Crippen LogP contribution is -2.62. The molecule has 2 aromatic rings. The second kappa shape index (κ2) is 12.9. The van der Waals surface area contributed by atoms with Crippen molar-refractivity contribution in [2.45, 2.75) is 70.6 Å². The van der Waals surface area contributed by atoms with Gasteiger partial charge in [0.15, 0.2) is 0 Å². The third kappa shape index (κ3) is 7.07. The lowest BCUT2D eigenvalue weighted by atomic mass is 9.84. The Balaban J connectivity index is 1.85. The van der Waals surface area contributed by atoms with Gasteiger partial charge in [-0.2, -0.15) is 0 Å². The van der Waals surface area contributed by atoms with Crippen LogP contribution in [-0.2, 0) is 32.1 Å². The van der Waals surface area contributed by atoms with E-state index in [4.69, 9.17) is 9.47 Å². The number of nitrogens with one attached hydrogen (secondary N) is 1. The van der Waals surface area contributed by atoms with E-state index >= 15 is 0 Å². The number of hydrogen-bond donors (Lipinski definition) is 1. The van der Waals surface area contributed by atoms with Crippen LogP contribution in [0.4, 0.5) is 4.79 Å². The van der Waals surface area contributed by atoms with Gasteiger partial charge in [0, 0.05) is 13.0 Å². The van der Waals surface area contributed by atoms with E-state index in [1.807, 2.05) is 67.6 Å². The number of rotatable bonds is 11. The van der Waals surface area contributed by atoms with Gasteiger partial charge in [-0.25, -0.2) is 9.59 Å². The average molecular weight is 481 g/mol. The molecule has 7 heteroatoms. The first-order valence-electron chi connectivity index (χ1n) is 12.5. The van der Waals surface area contributed by atoms with Crippen molar-refractivity contribution in [3.8, 4) is 0 Å². The van der Waals surface area contributed by atoms with Crippen LogP contribution in [0.3, 0.4) is 0 Å². The normalized spacial score (nSPS) is 16.9. The second-order valence-corrected chi connectivity index (χ2v) is 8.94. The Morgan fingerprint density at radius 3 is 2.26 bits per heavy atom. The maximum atomic E-state index is 14.2. The van der Waals surface area contributed by atoms with E-state index < -0.39 is 23.6 Å². The standard InChI is InChI=1S/C28H36N2O5/c1-3-5-18-28(29-27(33)34-4-2,20-22-13-8-6-9-14-22)26(32)30-19-12-17-24(30)25(31)35-21-23-15-10-7-11-16-23/h6-11,13-16,24H,3-5,12,17-21H2,1-2H3,(H,29,33)/t24-,28-/m0/s1. The van der Waals surface area contributed by atoms with Gasteiger partial charge in [-0.3, -0.25) is 4.79 Å². The highest BCUT2D eigenvalue weighted by molar-refractivity contribution is 5.93. The summed E-state index contributed by atoms with van der Waals surface area (Å²) in [6, 6.07) is 18.4. The number of likely N-dealkylation sites (tertiary alicyclic amines) is 1. The molecular formula is C28H36N2O5. The first kappa shape index (κ1) is 26.3. The first-order valence-corrected chi connectivity index (χ1v) is 12.5. The maximum Gasteiger partial charge on any atom is 0.407 e. The van der Waals surface area contributed by atoms with Crippen molar-refractivity contribution in [2.24, 2.45) is 0 Å². The molecule has 1 heterocycles. The van der Waals surface area contributed by atoms with Crippen LogP contribution < -0.4 is 5.32 Å². The number of benzene rings is 2. The minimum atomic E-state index is -1.22. The molecular weight excluding hydrogens is 444 g/mol. The van der Waals surface area contributed by atoms with E-state index in [1.54, 1.807) is 11.8 Å². The van der Waals surface area contributed by atoms with Gasteiger partial charge in [-0.1, -0.05) is 80.4 Å². The Kier molecular flexibility index (Phi) is 9.70. The number of hydrogen-bond acceptors (Lipinski definition) is 5. The quantitative estimate of drug-likeness (QED) is 0.474. The number of nitrogens with zero attached hydrogens (tertiary/aromatic N) is 1. The number of alkyl carbamates (subject to hydrolysis) is 1. The molecule has 0 aromatic heterocycles. The van der Waals surface area contributed by atoms with E-state index in [0.717, 1.165) is 24.0 Å². The highest BCUT2D eigenvalue weighted by Gasteiger charge is 2.47. The molecule has 0 saturated carbocycles. The number of unbranched alkanes of at least 4 members (excludes halogenated alkanes) is 1. The van der Waals surface area contributed by atoms with Crippen molar-refractivity contribution in [1.82, 2.24) is 10.2 Å². The van der Waals surface area contributed by atoms with Crippen LogP contribution in [0.15, 0.2) is 60.7 Å². The van der Waals surface area contributed by atoms with Crippen LogP contribution in [-0.4, -0.2) is 47.6 Å². The van der Waals surface area contributed by atoms with Gasteiger partial charge in [0.2, 0.25) is 5.91 Å². The lowest BCUT2D eigenvalue weighted by Gasteiger charge is -2.38. The fraction of sp³-hybridized carbons (Fsp3) is 0.464. The maximum absolute atomic E-state index is 14.2. The summed E-state index contributed by atoms with van der Waals surface area (Å²) >= 11 is 0. The molecule has 0 bridgehead atoms. The molecule has 3 rings (SSSR count). The smallest absolute Gasteiger partial charge is 0.407 e. The molecule has 0 radical (unpaired) electrons. The summed E-state index contributed by atoms with van der Waals surface area (Å²) in [5.74, 6) is -0.679. The van der Waals surface area contributed by atoms with Gasteiger partial charge in [-0.15, -0.1) is 0 Å². The van der Waals surface area contributed by atoms with Crippen molar-refractivity contribution in [1.29, 1.82) is 0 Å². The Morgan fingerprint density at radius 1 is 0.971 bits per heavy atom.